The number of halogens is 1. The van der Waals surface area contributed by atoms with Gasteiger partial charge in [0.05, 0.1) is 17.2 Å². The summed E-state index contributed by atoms with van der Waals surface area (Å²) in [4.78, 5) is 24.4. The molecule has 31 heavy (non-hydrogen) atoms. The SMILES string of the molecule is COC(=O)[C@H](CSC(c1ccccc1)(c1ccccc1)c1ccccc1)NC(=O)CBr. The van der Waals surface area contributed by atoms with Gasteiger partial charge in [0.15, 0.2) is 0 Å². The third-order valence-electron chi connectivity index (χ3n) is 4.95. The van der Waals surface area contributed by atoms with Crippen LogP contribution in [-0.4, -0.2) is 36.1 Å². The predicted octanol–water partition coefficient (Wildman–Crippen LogP) is 4.76. The topological polar surface area (TPSA) is 55.4 Å². The van der Waals surface area contributed by atoms with E-state index in [1.165, 1.54) is 7.11 Å². The van der Waals surface area contributed by atoms with Gasteiger partial charge < -0.3 is 10.1 Å². The van der Waals surface area contributed by atoms with Gasteiger partial charge in [0.2, 0.25) is 5.91 Å². The summed E-state index contributed by atoms with van der Waals surface area (Å²) < 4.78 is 4.38. The van der Waals surface area contributed by atoms with Crippen LogP contribution in [-0.2, 0) is 19.1 Å². The molecular formula is C25H24BrNO3S. The first-order valence-electron chi connectivity index (χ1n) is 9.85. The van der Waals surface area contributed by atoms with Crippen molar-refractivity contribution >= 4 is 39.6 Å². The van der Waals surface area contributed by atoms with E-state index in [0.29, 0.717) is 5.75 Å². The van der Waals surface area contributed by atoms with Crippen molar-refractivity contribution in [2.45, 2.75) is 10.8 Å². The number of thioether (sulfide) groups is 1. The van der Waals surface area contributed by atoms with Crippen molar-refractivity contribution in [3.8, 4) is 0 Å². The molecule has 3 aromatic carbocycles. The first-order valence-corrected chi connectivity index (χ1v) is 12.0. The van der Waals surface area contributed by atoms with Crippen LogP contribution in [0.4, 0.5) is 0 Å². The Morgan fingerprint density at radius 3 is 1.65 bits per heavy atom. The van der Waals surface area contributed by atoms with Crippen LogP contribution in [0, 0.1) is 0 Å². The molecule has 1 amide bonds. The molecule has 0 aliphatic heterocycles. The van der Waals surface area contributed by atoms with Crippen molar-refractivity contribution in [1.29, 1.82) is 0 Å². The molecule has 0 saturated heterocycles. The molecule has 160 valence electrons. The molecule has 6 heteroatoms. The van der Waals surface area contributed by atoms with E-state index in [4.69, 9.17) is 4.74 Å². The Balaban J connectivity index is 2.11. The van der Waals surface area contributed by atoms with Crippen LogP contribution in [0.3, 0.4) is 0 Å². The number of carbonyl (C=O) groups is 2. The Morgan fingerprint density at radius 1 is 0.871 bits per heavy atom. The molecule has 0 aromatic heterocycles. The van der Waals surface area contributed by atoms with E-state index in [0.717, 1.165) is 16.7 Å². The van der Waals surface area contributed by atoms with E-state index in [1.54, 1.807) is 11.8 Å². The quantitative estimate of drug-likeness (QED) is 0.263. The number of esters is 1. The van der Waals surface area contributed by atoms with Gasteiger partial charge in [0, 0.05) is 5.75 Å². The Bertz CT molecular complexity index is 887. The van der Waals surface area contributed by atoms with Crippen molar-refractivity contribution in [3.05, 3.63) is 108 Å². The number of amides is 1. The van der Waals surface area contributed by atoms with Crippen LogP contribution in [0.25, 0.3) is 0 Å². The first kappa shape index (κ1) is 23.1. The number of methoxy groups -OCH3 is 1. The van der Waals surface area contributed by atoms with E-state index in [1.807, 2.05) is 54.6 Å². The predicted molar refractivity (Wildman–Crippen MR) is 129 cm³/mol. The summed E-state index contributed by atoms with van der Waals surface area (Å²) in [6.45, 7) is 0. The average Bonchev–Trinajstić information content (AvgIpc) is 2.85. The van der Waals surface area contributed by atoms with Crippen LogP contribution in [0.2, 0.25) is 0 Å². The monoisotopic (exact) mass is 497 g/mol. The maximum absolute atomic E-state index is 12.4. The Hall–Kier alpha value is -2.57. The second-order valence-corrected chi connectivity index (χ2v) is 8.66. The van der Waals surface area contributed by atoms with E-state index < -0.39 is 16.8 Å². The molecule has 0 bridgehead atoms. The molecule has 4 nitrogen and oxygen atoms in total. The molecule has 1 atom stereocenters. The van der Waals surface area contributed by atoms with Gasteiger partial charge in [-0.15, -0.1) is 11.8 Å². The molecule has 0 aliphatic carbocycles. The number of alkyl halides is 1. The average molecular weight is 498 g/mol. The number of benzene rings is 3. The lowest BCUT2D eigenvalue weighted by atomic mass is 9.84. The Morgan fingerprint density at radius 2 is 1.29 bits per heavy atom. The summed E-state index contributed by atoms with van der Waals surface area (Å²) in [5.74, 6) is -0.394. The summed E-state index contributed by atoms with van der Waals surface area (Å²) in [7, 11) is 1.33. The molecule has 0 saturated carbocycles. The van der Waals surface area contributed by atoms with Gasteiger partial charge in [0.25, 0.3) is 0 Å². The summed E-state index contributed by atoms with van der Waals surface area (Å²) in [6.07, 6.45) is 0. The van der Waals surface area contributed by atoms with Gasteiger partial charge in [-0.3, -0.25) is 4.79 Å². The first-order chi connectivity index (χ1) is 15.1. The third kappa shape index (κ3) is 5.38. The summed E-state index contributed by atoms with van der Waals surface area (Å²) in [5, 5.41) is 2.88. The molecular weight excluding hydrogens is 474 g/mol. The smallest absolute Gasteiger partial charge is 0.329 e. The maximum atomic E-state index is 12.4. The van der Waals surface area contributed by atoms with Gasteiger partial charge in [-0.25, -0.2) is 4.79 Å². The van der Waals surface area contributed by atoms with Crippen molar-refractivity contribution in [2.75, 3.05) is 18.2 Å². The molecule has 0 aliphatic rings. The summed E-state index contributed by atoms with van der Waals surface area (Å²) >= 11 is 4.75. The Kier molecular flexibility index (Phi) is 8.32. The lowest BCUT2D eigenvalue weighted by Crippen LogP contribution is -2.45. The molecule has 0 spiro atoms. The maximum Gasteiger partial charge on any atom is 0.329 e. The second kappa shape index (κ2) is 11.2. The zero-order valence-corrected chi connectivity index (χ0v) is 19.6. The molecule has 0 heterocycles. The highest BCUT2D eigenvalue weighted by atomic mass is 79.9. The minimum Gasteiger partial charge on any atom is -0.467 e. The van der Waals surface area contributed by atoms with Gasteiger partial charge in [-0.05, 0) is 16.7 Å². The van der Waals surface area contributed by atoms with E-state index in [-0.39, 0.29) is 11.2 Å². The van der Waals surface area contributed by atoms with Crippen molar-refractivity contribution in [1.82, 2.24) is 5.32 Å². The summed E-state index contributed by atoms with van der Waals surface area (Å²) in [5.41, 5.74) is 3.27. The molecule has 3 rings (SSSR count). The molecule has 0 unspecified atom stereocenters. The Labute approximate surface area is 195 Å². The van der Waals surface area contributed by atoms with Gasteiger partial charge in [-0.1, -0.05) is 107 Å². The highest BCUT2D eigenvalue weighted by Crippen LogP contribution is 2.48. The minimum absolute atomic E-state index is 0.117. The number of nitrogens with one attached hydrogen (secondary N) is 1. The fraction of sp³-hybridized carbons (Fsp3) is 0.200. The van der Waals surface area contributed by atoms with Gasteiger partial charge in [0.1, 0.15) is 6.04 Å². The van der Waals surface area contributed by atoms with Crippen molar-refractivity contribution in [3.63, 3.8) is 0 Å². The van der Waals surface area contributed by atoms with E-state index in [2.05, 4.69) is 57.6 Å². The standard InChI is InChI=1S/C25H24BrNO3S/c1-30-24(29)22(27-23(28)17-26)18-31-25(19-11-5-2-6-12-19,20-13-7-3-8-14-20)21-15-9-4-10-16-21/h2-16,22H,17-18H2,1H3,(H,27,28)/t22-/m0/s1. The molecule has 3 aromatic rings. The lowest BCUT2D eigenvalue weighted by molar-refractivity contribution is -0.144. The number of carbonyl (C=O) groups excluding carboxylic acids is 2. The fourth-order valence-corrected chi connectivity index (χ4v) is 5.23. The number of rotatable bonds is 9. The largest absolute Gasteiger partial charge is 0.467 e. The third-order valence-corrected chi connectivity index (χ3v) is 7.10. The highest BCUT2D eigenvalue weighted by Gasteiger charge is 2.38. The minimum atomic E-state index is -0.768. The van der Waals surface area contributed by atoms with Crippen molar-refractivity contribution < 1.29 is 14.3 Å². The fourth-order valence-electron chi connectivity index (χ4n) is 3.52. The zero-order chi connectivity index (χ0) is 22.1. The number of hydrogen-bond acceptors (Lipinski definition) is 4. The second-order valence-electron chi connectivity index (χ2n) is 6.87. The van der Waals surface area contributed by atoms with Crippen LogP contribution in [0.15, 0.2) is 91.0 Å². The summed E-state index contributed by atoms with van der Waals surface area (Å²) in [6, 6.07) is 29.9. The van der Waals surface area contributed by atoms with Gasteiger partial charge >= 0.3 is 5.97 Å². The molecule has 1 N–H and O–H groups in total. The molecule has 0 radical (unpaired) electrons. The molecule has 0 fully saturated rings. The van der Waals surface area contributed by atoms with Crippen LogP contribution < -0.4 is 5.32 Å². The normalized spacial score (nSPS) is 12.1. The number of hydrogen-bond donors (Lipinski definition) is 1. The van der Waals surface area contributed by atoms with Crippen LogP contribution in [0.1, 0.15) is 16.7 Å². The zero-order valence-electron chi connectivity index (χ0n) is 17.2. The van der Waals surface area contributed by atoms with E-state index >= 15 is 0 Å². The van der Waals surface area contributed by atoms with Crippen LogP contribution in [0.5, 0.6) is 0 Å². The lowest BCUT2D eigenvalue weighted by Gasteiger charge is -2.36. The van der Waals surface area contributed by atoms with Gasteiger partial charge in [-0.2, -0.15) is 0 Å². The van der Waals surface area contributed by atoms with E-state index in [9.17, 15) is 9.59 Å². The number of ether oxygens (including phenoxy) is 1. The van der Waals surface area contributed by atoms with Crippen molar-refractivity contribution in [2.24, 2.45) is 0 Å². The van der Waals surface area contributed by atoms with Crippen LogP contribution >= 0.6 is 27.7 Å². The highest BCUT2D eigenvalue weighted by molar-refractivity contribution is 9.09.